The molecule has 3 N–H and O–H groups in total. The fraction of sp³-hybridized carbons (Fsp3) is 0.556. The van der Waals surface area contributed by atoms with Crippen LogP contribution in [0.4, 0.5) is 0 Å². The lowest BCUT2D eigenvalue weighted by atomic mass is 10.3. The highest BCUT2D eigenvalue weighted by molar-refractivity contribution is 5.85. The Morgan fingerprint density at radius 1 is 0.725 bits per heavy atom. The maximum absolute atomic E-state index is 11.3. The Balaban J connectivity index is 1.55. The fourth-order valence-corrected chi connectivity index (χ4v) is 3.99. The van der Waals surface area contributed by atoms with Gasteiger partial charge in [-0.25, -0.2) is 19.6 Å². The smallest absolute Gasteiger partial charge is 0.354 e. The van der Waals surface area contributed by atoms with E-state index in [1.165, 1.54) is 12.1 Å². The summed E-state index contributed by atoms with van der Waals surface area (Å²) in [6.45, 7) is 5.50. The quantitative estimate of drug-likeness (QED) is 0.431. The molecule has 220 valence electrons. The summed E-state index contributed by atoms with van der Waals surface area (Å²) in [6.07, 6.45) is -0.504. The molecule has 0 bridgehead atoms. The number of ether oxygens (including phenoxy) is 4. The molecular formula is C27H38N4O9. The zero-order valence-corrected chi connectivity index (χ0v) is 22.5. The minimum atomic E-state index is -1.08. The van der Waals surface area contributed by atoms with Crippen LogP contribution < -0.4 is 0 Å². The third-order valence-corrected chi connectivity index (χ3v) is 6.12. The summed E-state index contributed by atoms with van der Waals surface area (Å²) in [4.78, 5) is 35.1. The first-order chi connectivity index (χ1) is 19.4. The molecule has 13 nitrogen and oxygen atoms in total. The highest BCUT2D eigenvalue weighted by Crippen LogP contribution is 2.07. The number of carboxylic acids is 2. The van der Waals surface area contributed by atoms with Crippen LogP contribution in [0.25, 0.3) is 0 Å². The molecule has 1 atom stereocenters. The van der Waals surface area contributed by atoms with E-state index < -0.39 is 18.0 Å². The number of pyridine rings is 2. The molecule has 0 saturated carbocycles. The molecule has 0 spiro atoms. The summed E-state index contributed by atoms with van der Waals surface area (Å²) in [7, 11) is 0. The Morgan fingerprint density at radius 3 is 1.68 bits per heavy atom. The predicted octanol–water partition coefficient (Wildman–Crippen LogP) is 0.618. The lowest BCUT2D eigenvalue weighted by molar-refractivity contribution is -0.0535. The summed E-state index contributed by atoms with van der Waals surface area (Å²) in [5.41, 5.74) is 1.25. The van der Waals surface area contributed by atoms with E-state index in [1.54, 1.807) is 24.3 Å². The minimum absolute atomic E-state index is 0.00455. The van der Waals surface area contributed by atoms with Crippen molar-refractivity contribution in [2.24, 2.45) is 0 Å². The molecule has 1 fully saturated rings. The van der Waals surface area contributed by atoms with Crippen molar-refractivity contribution in [2.45, 2.75) is 19.2 Å². The van der Waals surface area contributed by atoms with Gasteiger partial charge in [-0.1, -0.05) is 12.1 Å². The van der Waals surface area contributed by atoms with Crippen molar-refractivity contribution in [3.63, 3.8) is 0 Å². The Morgan fingerprint density at radius 2 is 1.20 bits per heavy atom. The number of nitrogens with zero attached hydrogens (tertiary/aromatic N) is 4. The second kappa shape index (κ2) is 17.6. The third-order valence-electron chi connectivity index (χ3n) is 6.12. The van der Waals surface area contributed by atoms with Gasteiger partial charge in [-0.3, -0.25) is 9.80 Å². The molecule has 40 heavy (non-hydrogen) atoms. The van der Waals surface area contributed by atoms with E-state index in [0.717, 1.165) is 0 Å². The van der Waals surface area contributed by atoms with Crippen LogP contribution in [0.15, 0.2) is 36.4 Å². The summed E-state index contributed by atoms with van der Waals surface area (Å²) in [5, 5.41) is 28.2. The Hall–Kier alpha value is -3.04. The molecule has 13 heteroatoms. The second-order valence-corrected chi connectivity index (χ2v) is 9.17. The molecule has 0 aromatic carbocycles. The van der Waals surface area contributed by atoms with Crippen molar-refractivity contribution in [3.05, 3.63) is 59.2 Å². The number of aliphatic hydroxyl groups is 1. The lowest BCUT2D eigenvalue weighted by Crippen LogP contribution is -2.35. The van der Waals surface area contributed by atoms with Gasteiger partial charge in [0.1, 0.15) is 17.5 Å². The van der Waals surface area contributed by atoms with E-state index >= 15 is 0 Å². The first-order valence-corrected chi connectivity index (χ1v) is 13.2. The highest BCUT2D eigenvalue weighted by atomic mass is 16.5. The van der Waals surface area contributed by atoms with Crippen molar-refractivity contribution < 1.29 is 43.9 Å². The number of carboxylic acid groups (broad SMARTS) is 2. The van der Waals surface area contributed by atoms with Gasteiger partial charge in [-0.2, -0.15) is 0 Å². The van der Waals surface area contributed by atoms with Crippen molar-refractivity contribution in [1.82, 2.24) is 19.8 Å². The fourth-order valence-electron chi connectivity index (χ4n) is 3.99. The second-order valence-electron chi connectivity index (χ2n) is 9.17. The first kappa shape index (κ1) is 31.5. The Kier molecular flexibility index (Phi) is 13.9. The number of aliphatic hydroxyl groups excluding tert-OH is 1. The van der Waals surface area contributed by atoms with Gasteiger partial charge in [-0.15, -0.1) is 0 Å². The Bertz CT molecular complexity index is 1060. The monoisotopic (exact) mass is 562 g/mol. The molecule has 0 radical (unpaired) electrons. The average molecular weight is 563 g/mol. The molecule has 1 saturated heterocycles. The minimum Gasteiger partial charge on any atom is -0.477 e. The van der Waals surface area contributed by atoms with Crippen LogP contribution in [0.3, 0.4) is 0 Å². The molecule has 0 amide bonds. The molecule has 0 unspecified atom stereocenters. The summed E-state index contributed by atoms with van der Waals surface area (Å²) < 4.78 is 23.1. The lowest BCUT2D eigenvalue weighted by Gasteiger charge is -2.25. The van der Waals surface area contributed by atoms with Crippen molar-refractivity contribution in [3.8, 4) is 0 Å². The highest BCUT2D eigenvalue weighted by Gasteiger charge is 2.15. The van der Waals surface area contributed by atoms with E-state index in [-0.39, 0.29) is 24.6 Å². The summed E-state index contributed by atoms with van der Waals surface area (Å²) in [6, 6.07) is 9.81. The molecule has 2 aromatic heterocycles. The van der Waals surface area contributed by atoms with Gasteiger partial charge < -0.3 is 34.3 Å². The van der Waals surface area contributed by atoms with Gasteiger partial charge in [0.2, 0.25) is 0 Å². The zero-order valence-electron chi connectivity index (χ0n) is 22.5. The van der Waals surface area contributed by atoms with Crippen LogP contribution in [-0.2, 0) is 32.0 Å². The summed E-state index contributed by atoms with van der Waals surface area (Å²) in [5.74, 6) is -2.15. The van der Waals surface area contributed by atoms with Gasteiger partial charge in [0.15, 0.2) is 0 Å². The maximum atomic E-state index is 11.3. The third kappa shape index (κ3) is 11.6. The molecule has 1 aliphatic rings. The number of hydrogen-bond acceptors (Lipinski definition) is 11. The summed E-state index contributed by atoms with van der Waals surface area (Å²) >= 11 is 0. The van der Waals surface area contributed by atoms with Gasteiger partial charge in [0.25, 0.3) is 0 Å². The van der Waals surface area contributed by atoms with Gasteiger partial charge >= 0.3 is 11.9 Å². The van der Waals surface area contributed by atoms with Crippen LogP contribution in [0.1, 0.15) is 32.4 Å². The van der Waals surface area contributed by atoms with Crippen molar-refractivity contribution in [1.29, 1.82) is 0 Å². The largest absolute Gasteiger partial charge is 0.477 e. The molecule has 3 rings (SSSR count). The normalized spacial score (nSPS) is 19.9. The predicted molar refractivity (Wildman–Crippen MR) is 142 cm³/mol. The van der Waals surface area contributed by atoms with Gasteiger partial charge in [0.05, 0.1) is 64.2 Å². The Labute approximate surface area is 233 Å². The van der Waals surface area contributed by atoms with Crippen molar-refractivity contribution in [2.75, 3.05) is 79.0 Å². The van der Waals surface area contributed by atoms with E-state index in [0.29, 0.717) is 90.3 Å². The van der Waals surface area contributed by atoms with Gasteiger partial charge in [-0.05, 0) is 24.3 Å². The number of aromatic carboxylic acids is 2. The SMILES string of the molecule is O=C(O)c1cccc(CN2CCOCCOCCN(Cc3cccc(C(=O)O)n3)CCO[C@@H](CO)COCC2)n1. The van der Waals surface area contributed by atoms with Crippen LogP contribution in [0.5, 0.6) is 0 Å². The van der Waals surface area contributed by atoms with E-state index in [2.05, 4.69) is 19.8 Å². The van der Waals surface area contributed by atoms with E-state index in [9.17, 15) is 24.9 Å². The maximum Gasteiger partial charge on any atom is 0.354 e. The number of hydrogen-bond donors (Lipinski definition) is 3. The molecule has 1 aliphatic heterocycles. The molecule has 3 heterocycles. The number of aromatic nitrogens is 2. The van der Waals surface area contributed by atoms with Crippen LogP contribution in [0.2, 0.25) is 0 Å². The average Bonchev–Trinajstić information content (AvgIpc) is 2.95. The standard InChI is InChI=1S/C27H38N4O9/c32-19-23-20-39-13-9-30(17-21-3-1-5-24(28-21)26(33)34)7-11-37-15-16-38-12-8-31(10-14-40-23)18-22-4-2-6-25(29-22)27(35)36/h1-6,23,32H,7-20H2,(H,33,34)(H,35,36)/t23-/m0/s1. The van der Waals surface area contributed by atoms with Crippen LogP contribution in [-0.4, -0.2) is 132 Å². The molecule has 2 aromatic rings. The van der Waals surface area contributed by atoms with Crippen LogP contribution in [0, 0.1) is 0 Å². The molecule has 0 aliphatic carbocycles. The van der Waals surface area contributed by atoms with Gasteiger partial charge in [0, 0.05) is 39.3 Å². The zero-order chi connectivity index (χ0) is 28.6. The van der Waals surface area contributed by atoms with E-state index in [4.69, 9.17) is 18.9 Å². The number of rotatable bonds is 7. The van der Waals surface area contributed by atoms with E-state index in [1.807, 2.05) is 0 Å². The topological polar surface area (TPSA) is 164 Å². The number of carbonyl (C=O) groups is 2. The first-order valence-electron chi connectivity index (χ1n) is 13.2. The van der Waals surface area contributed by atoms with Crippen LogP contribution >= 0.6 is 0 Å². The molecular weight excluding hydrogens is 524 g/mol. The van der Waals surface area contributed by atoms with Crippen molar-refractivity contribution >= 4 is 11.9 Å².